The van der Waals surface area contributed by atoms with Crippen molar-refractivity contribution in [3.05, 3.63) is 63.1 Å². The number of amides is 2. The van der Waals surface area contributed by atoms with Gasteiger partial charge in [-0.2, -0.15) is 0 Å². The Bertz CT molecular complexity index is 1140. The topological polar surface area (TPSA) is 86.8 Å². The van der Waals surface area contributed by atoms with Crippen molar-refractivity contribution >= 4 is 62.3 Å². The van der Waals surface area contributed by atoms with Crippen LogP contribution in [0.3, 0.4) is 0 Å². The summed E-state index contributed by atoms with van der Waals surface area (Å²) in [7, 11) is -3.92. The van der Waals surface area contributed by atoms with E-state index in [1.165, 1.54) is 23.1 Å². The molecule has 186 valence electrons. The van der Waals surface area contributed by atoms with E-state index in [9.17, 15) is 18.0 Å². The standard InChI is InChI=1S/C23H28Cl3N3O4S/c1-5-20(23(31)27-15(2)3)28(13-16-8-6-7-9-18(16)25)22(30)14-29(34(4,32)33)21-12-17(24)10-11-19(21)26/h6-12,15,20H,5,13-14H2,1-4H3,(H,27,31). The molecule has 1 N–H and O–H groups in total. The van der Waals surface area contributed by atoms with E-state index >= 15 is 0 Å². The van der Waals surface area contributed by atoms with Crippen molar-refractivity contribution in [3.8, 4) is 0 Å². The van der Waals surface area contributed by atoms with Crippen LogP contribution in [0.15, 0.2) is 42.5 Å². The van der Waals surface area contributed by atoms with Crippen LogP contribution in [0.1, 0.15) is 32.8 Å². The van der Waals surface area contributed by atoms with Crippen LogP contribution >= 0.6 is 34.8 Å². The molecular formula is C23H28Cl3N3O4S. The van der Waals surface area contributed by atoms with Crippen molar-refractivity contribution in [2.24, 2.45) is 0 Å². The first-order chi connectivity index (χ1) is 15.8. The number of hydrogen-bond donors (Lipinski definition) is 1. The zero-order valence-corrected chi connectivity index (χ0v) is 22.5. The molecule has 0 heterocycles. The summed E-state index contributed by atoms with van der Waals surface area (Å²) in [5, 5.41) is 3.63. The van der Waals surface area contributed by atoms with Crippen LogP contribution in [0.25, 0.3) is 0 Å². The lowest BCUT2D eigenvalue weighted by Gasteiger charge is -2.33. The summed E-state index contributed by atoms with van der Waals surface area (Å²) in [6, 6.07) is 10.3. The summed E-state index contributed by atoms with van der Waals surface area (Å²) in [4.78, 5) is 27.9. The lowest BCUT2D eigenvalue weighted by molar-refractivity contribution is -0.140. The van der Waals surface area contributed by atoms with Crippen molar-refractivity contribution in [2.75, 3.05) is 17.1 Å². The third-order valence-corrected chi connectivity index (χ3v) is 7.02. The quantitative estimate of drug-likeness (QED) is 0.464. The lowest BCUT2D eigenvalue weighted by atomic mass is 10.1. The fraction of sp³-hybridized carbons (Fsp3) is 0.391. The second-order valence-corrected chi connectivity index (χ2v) is 11.2. The highest BCUT2D eigenvalue weighted by Gasteiger charge is 2.32. The van der Waals surface area contributed by atoms with Gasteiger partial charge in [-0.3, -0.25) is 13.9 Å². The number of rotatable bonds is 10. The Hall–Kier alpha value is -2.00. The second kappa shape index (κ2) is 12.1. The molecule has 0 aliphatic rings. The van der Waals surface area contributed by atoms with Crippen LogP contribution < -0.4 is 9.62 Å². The van der Waals surface area contributed by atoms with E-state index in [1.807, 2.05) is 13.8 Å². The molecule has 2 rings (SSSR count). The van der Waals surface area contributed by atoms with Crippen molar-refractivity contribution < 1.29 is 18.0 Å². The normalized spacial score (nSPS) is 12.4. The second-order valence-electron chi connectivity index (χ2n) is 8.07. The van der Waals surface area contributed by atoms with Gasteiger partial charge in [0.25, 0.3) is 0 Å². The molecule has 0 radical (unpaired) electrons. The van der Waals surface area contributed by atoms with Gasteiger partial charge >= 0.3 is 0 Å². The molecule has 1 atom stereocenters. The molecule has 1 unspecified atom stereocenters. The van der Waals surface area contributed by atoms with E-state index < -0.39 is 28.5 Å². The maximum absolute atomic E-state index is 13.6. The van der Waals surface area contributed by atoms with E-state index in [1.54, 1.807) is 31.2 Å². The fourth-order valence-corrected chi connectivity index (χ4v) is 4.87. The Morgan fingerprint density at radius 2 is 1.68 bits per heavy atom. The first-order valence-electron chi connectivity index (χ1n) is 10.6. The van der Waals surface area contributed by atoms with Gasteiger partial charge in [0.1, 0.15) is 12.6 Å². The van der Waals surface area contributed by atoms with Crippen LogP contribution in [0, 0.1) is 0 Å². The average molecular weight is 549 g/mol. The monoisotopic (exact) mass is 547 g/mol. The number of anilines is 1. The van der Waals surface area contributed by atoms with Gasteiger partial charge < -0.3 is 10.2 Å². The maximum atomic E-state index is 13.6. The molecule has 2 amide bonds. The average Bonchev–Trinajstić information content (AvgIpc) is 2.73. The van der Waals surface area contributed by atoms with Gasteiger partial charge in [-0.05, 0) is 50.1 Å². The van der Waals surface area contributed by atoms with Gasteiger partial charge in [-0.25, -0.2) is 8.42 Å². The SMILES string of the molecule is CCC(C(=O)NC(C)C)N(Cc1ccccc1Cl)C(=O)CN(c1cc(Cl)ccc1Cl)S(C)(=O)=O. The maximum Gasteiger partial charge on any atom is 0.244 e. The van der Waals surface area contributed by atoms with Crippen molar-refractivity contribution in [1.29, 1.82) is 0 Å². The van der Waals surface area contributed by atoms with E-state index in [2.05, 4.69) is 5.32 Å². The predicted octanol–water partition coefficient (Wildman–Crippen LogP) is 4.74. The lowest BCUT2D eigenvalue weighted by Crippen LogP contribution is -2.53. The minimum Gasteiger partial charge on any atom is -0.352 e. The van der Waals surface area contributed by atoms with Crippen LogP contribution in [-0.4, -0.2) is 50.0 Å². The molecule has 0 saturated carbocycles. The molecule has 0 bridgehead atoms. The van der Waals surface area contributed by atoms with E-state index in [0.717, 1.165) is 10.6 Å². The first kappa shape index (κ1) is 28.2. The Labute approximate surface area is 216 Å². The number of nitrogens with one attached hydrogen (secondary N) is 1. The molecule has 0 aliphatic heterocycles. The number of nitrogens with zero attached hydrogens (tertiary/aromatic N) is 2. The molecule has 0 fully saturated rings. The Morgan fingerprint density at radius 1 is 1.03 bits per heavy atom. The highest BCUT2D eigenvalue weighted by atomic mass is 35.5. The minimum atomic E-state index is -3.92. The fourth-order valence-electron chi connectivity index (χ4n) is 3.38. The molecule has 0 spiro atoms. The van der Waals surface area contributed by atoms with Gasteiger partial charge in [0.15, 0.2) is 0 Å². The molecule has 34 heavy (non-hydrogen) atoms. The molecular weight excluding hydrogens is 521 g/mol. The van der Waals surface area contributed by atoms with Gasteiger partial charge in [-0.1, -0.05) is 59.9 Å². The highest BCUT2D eigenvalue weighted by molar-refractivity contribution is 7.92. The summed E-state index contributed by atoms with van der Waals surface area (Å²) < 4.78 is 26.2. The molecule has 0 aromatic heterocycles. The van der Waals surface area contributed by atoms with Crippen molar-refractivity contribution in [3.63, 3.8) is 0 Å². The molecule has 0 saturated heterocycles. The summed E-state index contributed by atoms with van der Waals surface area (Å²) in [5.74, 6) is -0.934. The third kappa shape index (κ3) is 7.50. The zero-order valence-electron chi connectivity index (χ0n) is 19.4. The van der Waals surface area contributed by atoms with Gasteiger partial charge in [-0.15, -0.1) is 0 Å². The van der Waals surface area contributed by atoms with E-state index in [4.69, 9.17) is 34.8 Å². The van der Waals surface area contributed by atoms with E-state index in [-0.39, 0.29) is 34.2 Å². The predicted molar refractivity (Wildman–Crippen MR) is 138 cm³/mol. The summed E-state index contributed by atoms with van der Waals surface area (Å²) in [6.07, 6.45) is 1.28. The summed E-state index contributed by atoms with van der Waals surface area (Å²) >= 11 is 18.6. The number of sulfonamides is 1. The minimum absolute atomic E-state index is 0.0173. The largest absolute Gasteiger partial charge is 0.352 e. The first-order valence-corrected chi connectivity index (χ1v) is 13.6. The number of carbonyl (C=O) groups excluding carboxylic acids is 2. The summed E-state index contributed by atoms with van der Waals surface area (Å²) in [6.45, 7) is 4.85. The molecule has 0 aliphatic carbocycles. The number of carbonyl (C=O) groups is 2. The zero-order chi connectivity index (χ0) is 25.6. The van der Waals surface area contributed by atoms with Crippen LogP contribution in [0.4, 0.5) is 5.69 Å². The van der Waals surface area contributed by atoms with E-state index in [0.29, 0.717) is 17.0 Å². The molecule has 11 heteroatoms. The van der Waals surface area contributed by atoms with Crippen LogP contribution in [0.5, 0.6) is 0 Å². The third-order valence-electron chi connectivity index (χ3n) is 4.97. The summed E-state index contributed by atoms with van der Waals surface area (Å²) in [5.41, 5.74) is 0.697. The Morgan fingerprint density at radius 3 is 2.24 bits per heavy atom. The molecule has 7 nitrogen and oxygen atoms in total. The highest BCUT2D eigenvalue weighted by Crippen LogP contribution is 2.31. The van der Waals surface area contributed by atoms with Gasteiger partial charge in [0.2, 0.25) is 21.8 Å². The number of benzene rings is 2. The van der Waals surface area contributed by atoms with Crippen molar-refractivity contribution in [1.82, 2.24) is 10.2 Å². The van der Waals surface area contributed by atoms with Gasteiger partial charge in [0, 0.05) is 22.6 Å². The number of hydrogen-bond acceptors (Lipinski definition) is 4. The van der Waals surface area contributed by atoms with Gasteiger partial charge in [0.05, 0.1) is 17.0 Å². The van der Waals surface area contributed by atoms with Crippen molar-refractivity contribution in [2.45, 2.75) is 45.8 Å². The molecule has 2 aromatic carbocycles. The van der Waals surface area contributed by atoms with Crippen LogP contribution in [0.2, 0.25) is 15.1 Å². The smallest absolute Gasteiger partial charge is 0.244 e. The molecule has 2 aromatic rings. The Kier molecular flexibility index (Phi) is 10.1. The van der Waals surface area contributed by atoms with Crippen LogP contribution in [-0.2, 0) is 26.2 Å². The Balaban J connectivity index is 2.50. The number of halogens is 3.